The van der Waals surface area contributed by atoms with Crippen LogP contribution in [0.25, 0.3) is 0 Å². The molecule has 0 fully saturated rings. The van der Waals surface area contributed by atoms with E-state index in [-0.39, 0.29) is 16.9 Å². The van der Waals surface area contributed by atoms with E-state index >= 15 is 0 Å². The van der Waals surface area contributed by atoms with Gasteiger partial charge in [0.15, 0.2) is 14.1 Å². The number of Topliss-reactive ketones (excluding diaryl/α,β-unsaturated/α-hetero) is 1. The number of allylic oxidation sites excluding steroid dienone is 1. The molecule has 0 spiro atoms. The van der Waals surface area contributed by atoms with Crippen LogP contribution in [-0.4, -0.2) is 20.2 Å². The van der Waals surface area contributed by atoms with E-state index in [0.29, 0.717) is 6.42 Å². The molecule has 1 unspecified atom stereocenters. The van der Waals surface area contributed by atoms with Gasteiger partial charge in [0.25, 0.3) is 0 Å². The second kappa shape index (κ2) is 7.14. The number of benzene rings is 1. The molecule has 126 valence electrons. The smallest absolute Gasteiger partial charge is 0.192 e. The summed E-state index contributed by atoms with van der Waals surface area (Å²) in [6, 6.07) is 10.5. The number of hydrogen-bond acceptors (Lipinski definition) is 2. The molecule has 0 aliphatic heterocycles. The molecule has 1 atom stereocenters. The molecule has 0 amide bonds. The first-order valence-corrected chi connectivity index (χ1v) is 11.6. The molecule has 0 radical (unpaired) electrons. The Morgan fingerprint density at radius 3 is 2.39 bits per heavy atom. The van der Waals surface area contributed by atoms with Crippen molar-refractivity contribution in [1.82, 2.24) is 0 Å². The minimum atomic E-state index is -1.81. The third-order valence-electron chi connectivity index (χ3n) is 5.14. The highest BCUT2D eigenvalue weighted by Gasteiger charge is 2.40. The van der Waals surface area contributed by atoms with Crippen molar-refractivity contribution in [1.29, 1.82) is 0 Å². The molecule has 1 aliphatic carbocycles. The molecular formula is C20H30O2Si. The average Bonchev–Trinajstić information content (AvgIpc) is 2.78. The van der Waals surface area contributed by atoms with Crippen molar-refractivity contribution in [3.8, 4) is 0 Å². The molecule has 2 rings (SSSR count). The average molecular weight is 331 g/mol. The minimum Gasteiger partial charge on any atom is -0.410 e. The summed E-state index contributed by atoms with van der Waals surface area (Å²) in [7, 11) is -1.81. The monoisotopic (exact) mass is 330 g/mol. The Labute approximate surface area is 142 Å². The lowest BCUT2D eigenvalue weighted by Crippen LogP contribution is -2.43. The number of ketones is 1. The highest BCUT2D eigenvalue weighted by molar-refractivity contribution is 6.74. The van der Waals surface area contributed by atoms with E-state index in [4.69, 9.17) is 4.43 Å². The molecule has 0 saturated heterocycles. The predicted octanol–water partition coefficient (Wildman–Crippen LogP) is 5.30. The molecule has 23 heavy (non-hydrogen) atoms. The topological polar surface area (TPSA) is 26.3 Å². The number of carbonyl (C=O) groups excluding carboxylic acids is 1. The zero-order chi connectivity index (χ0) is 17.1. The third-order valence-corrected chi connectivity index (χ3v) is 9.64. The normalized spacial score (nSPS) is 19.1. The van der Waals surface area contributed by atoms with Gasteiger partial charge in [-0.25, -0.2) is 0 Å². The van der Waals surface area contributed by atoms with Crippen LogP contribution in [-0.2, 0) is 15.6 Å². The van der Waals surface area contributed by atoms with E-state index < -0.39 is 8.32 Å². The number of aryl methyl sites for hydroxylation is 1. The van der Waals surface area contributed by atoms with Crippen LogP contribution >= 0.6 is 0 Å². The lowest BCUT2D eigenvalue weighted by atomic mass is 10.0. The quantitative estimate of drug-likeness (QED) is 0.662. The Morgan fingerprint density at radius 1 is 1.13 bits per heavy atom. The summed E-state index contributed by atoms with van der Waals surface area (Å²) < 4.78 is 6.37. The van der Waals surface area contributed by atoms with Crippen LogP contribution in [0.15, 0.2) is 42.0 Å². The molecule has 2 nitrogen and oxygen atoms in total. The second-order valence-corrected chi connectivity index (χ2v) is 12.8. The van der Waals surface area contributed by atoms with Gasteiger partial charge < -0.3 is 4.43 Å². The molecule has 0 bridgehead atoms. The van der Waals surface area contributed by atoms with Crippen LogP contribution < -0.4 is 0 Å². The van der Waals surface area contributed by atoms with Gasteiger partial charge in [0.05, 0.1) is 6.10 Å². The number of hydrogen-bond donors (Lipinski definition) is 0. The summed E-state index contributed by atoms with van der Waals surface area (Å²) in [5, 5.41) is 0.181. The lowest BCUT2D eigenvalue weighted by molar-refractivity contribution is -0.115. The molecule has 0 N–H and O–H groups in total. The first kappa shape index (κ1) is 18.1. The fourth-order valence-corrected chi connectivity index (χ4v) is 3.93. The van der Waals surface area contributed by atoms with Crippen LogP contribution in [0, 0.1) is 0 Å². The highest BCUT2D eigenvalue weighted by Crippen LogP contribution is 2.39. The summed E-state index contributed by atoms with van der Waals surface area (Å²) in [4.78, 5) is 12.2. The summed E-state index contributed by atoms with van der Waals surface area (Å²) in [6.07, 6.45) is 5.54. The maximum absolute atomic E-state index is 12.2. The predicted molar refractivity (Wildman–Crippen MR) is 99.2 cm³/mol. The highest BCUT2D eigenvalue weighted by atomic mass is 28.4. The molecule has 1 aromatic carbocycles. The zero-order valence-electron chi connectivity index (χ0n) is 15.2. The van der Waals surface area contributed by atoms with Gasteiger partial charge in [-0.2, -0.15) is 0 Å². The van der Waals surface area contributed by atoms with Crippen molar-refractivity contribution < 1.29 is 9.22 Å². The molecule has 1 aromatic rings. The van der Waals surface area contributed by atoms with Gasteiger partial charge in [-0.3, -0.25) is 4.79 Å². The standard InChI is InChI=1S/C20H30O2Si/c1-20(2,3)23(4,5)22-18-14-17(19(21)15-18)13-9-12-16-10-7-6-8-11-16/h6-8,10-11,14,18H,9,12-13,15H2,1-5H3. The van der Waals surface area contributed by atoms with E-state index in [1.807, 2.05) is 6.07 Å². The summed E-state index contributed by atoms with van der Waals surface area (Å²) in [6.45, 7) is 11.2. The largest absolute Gasteiger partial charge is 0.410 e. The van der Waals surface area contributed by atoms with E-state index in [2.05, 4.69) is 64.2 Å². The Kier molecular flexibility index (Phi) is 5.64. The van der Waals surface area contributed by atoms with E-state index in [9.17, 15) is 4.79 Å². The van der Waals surface area contributed by atoms with E-state index in [0.717, 1.165) is 24.8 Å². The summed E-state index contributed by atoms with van der Waals surface area (Å²) in [5.41, 5.74) is 2.32. The second-order valence-electron chi connectivity index (χ2n) is 8.07. The van der Waals surface area contributed by atoms with Crippen molar-refractivity contribution in [2.75, 3.05) is 0 Å². The Morgan fingerprint density at radius 2 is 1.78 bits per heavy atom. The van der Waals surface area contributed by atoms with Crippen LogP contribution in [0.2, 0.25) is 18.1 Å². The molecule has 3 heteroatoms. The first-order chi connectivity index (χ1) is 10.7. The summed E-state index contributed by atoms with van der Waals surface area (Å²) >= 11 is 0. The van der Waals surface area contributed by atoms with Gasteiger partial charge in [0, 0.05) is 6.42 Å². The number of rotatable bonds is 6. The van der Waals surface area contributed by atoms with Gasteiger partial charge in [0.1, 0.15) is 0 Å². The van der Waals surface area contributed by atoms with Gasteiger partial charge in [-0.15, -0.1) is 0 Å². The van der Waals surface area contributed by atoms with Gasteiger partial charge in [-0.1, -0.05) is 51.1 Å². The van der Waals surface area contributed by atoms with E-state index in [1.165, 1.54) is 5.56 Å². The van der Waals surface area contributed by atoms with Crippen molar-refractivity contribution in [2.45, 2.75) is 70.7 Å². The van der Waals surface area contributed by atoms with Crippen molar-refractivity contribution in [3.05, 3.63) is 47.5 Å². The molecule has 0 heterocycles. The Balaban J connectivity index is 1.89. The van der Waals surface area contributed by atoms with Crippen LogP contribution in [0.5, 0.6) is 0 Å². The lowest BCUT2D eigenvalue weighted by Gasteiger charge is -2.37. The zero-order valence-corrected chi connectivity index (χ0v) is 16.2. The molecule has 1 aliphatic rings. The third kappa shape index (κ3) is 4.89. The van der Waals surface area contributed by atoms with Gasteiger partial charge in [0.2, 0.25) is 0 Å². The van der Waals surface area contributed by atoms with E-state index in [1.54, 1.807) is 0 Å². The van der Waals surface area contributed by atoms with Crippen molar-refractivity contribution in [3.63, 3.8) is 0 Å². The van der Waals surface area contributed by atoms with Crippen LogP contribution in [0.4, 0.5) is 0 Å². The van der Waals surface area contributed by atoms with Gasteiger partial charge in [-0.05, 0) is 54.6 Å². The Bertz CT molecular complexity index is 567. The van der Waals surface area contributed by atoms with Crippen molar-refractivity contribution >= 4 is 14.1 Å². The fourth-order valence-electron chi connectivity index (χ4n) is 2.67. The minimum absolute atomic E-state index is 0.00452. The van der Waals surface area contributed by atoms with Gasteiger partial charge >= 0.3 is 0 Å². The maximum atomic E-state index is 12.2. The summed E-state index contributed by atoms with van der Waals surface area (Å²) in [5.74, 6) is 0.279. The Hall–Kier alpha value is -1.19. The van der Waals surface area contributed by atoms with Crippen LogP contribution in [0.3, 0.4) is 0 Å². The molecule has 0 aromatic heterocycles. The maximum Gasteiger partial charge on any atom is 0.192 e. The van der Waals surface area contributed by atoms with Crippen LogP contribution in [0.1, 0.15) is 45.6 Å². The molecule has 0 saturated carbocycles. The van der Waals surface area contributed by atoms with Crippen molar-refractivity contribution in [2.24, 2.45) is 0 Å². The number of carbonyl (C=O) groups is 1. The molecular weight excluding hydrogens is 300 g/mol. The fraction of sp³-hybridized carbons (Fsp3) is 0.550. The first-order valence-electron chi connectivity index (χ1n) is 8.65. The SMILES string of the molecule is CC(C)(C)[Si](C)(C)OC1C=C(CCCc2ccccc2)C(=O)C1.